The van der Waals surface area contributed by atoms with Gasteiger partial charge >= 0.3 is 21.7 Å². The summed E-state index contributed by atoms with van der Waals surface area (Å²) >= 11 is 0. The Bertz CT molecular complexity index is 1480. The topological polar surface area (TPSA) is 198 Å². The van der Waals surface area contributed by atoms with Gasteiger partial charge in [-0.1, -0.05) is 38.2 Å². The molecule has 256 valence electrons. The van der Waals surface area contributed by atoms with Crippen LogP contribution in [0.2, 0.25) is 0 Å². The normalized spacial score (nSPS) is 30.7. The molecule has 2 rings (SSSR count). The molecule has 46 heavy (non-hydrogen) atoms. The number of primary amides is 1. The first-order chi connectivity index (χ1) is 21.2. The van der Waals surface area contributed by atoms with Crippen molar-refractivity contribution in [3.63, 3.8) is 0 Å². The lowest BCUT2D eigenvalue weighted by atomic mass is 9.85. The molecule has 1 aliphatic carbocycles. The van der Waals surface area contributed by atoms with Gasteiger partial charge in [0.1, 0.15) is 6.10 Å². The fraction of sp³-hybridized carbons (Fsp3) is 0.517. The number of aliphatic hydroxyl groups excluding tert-OH is 1. The predicted octanol–water partition coefficient (Wildman–Crippen LogP) is 2.63. The molecule has 13 nitrogen and oxygen atoms in total. The Morgan fingerprint density at radius 2 is 1.74 bits per heavy atom. The van der Waals surface area contributed by atoms with E-state index in [4.69, 9.17) is 19.9 Å². The molecule has 2 amide bonds. The number of rotatable bonds is 5. The minimum atomic E-state index is -6.35. The van der Waals surface area contributed by atoms with E-state index in [-0.39, 0.29) is 12.0 Å². The van der Waals surface area contributed by atoms with E-state index in [0.717, 1.165) is 0 Å². The second-order valence-corrected chi connectivity index (χ2v) is 12.4. The van der Waals surface area contributed by atoms with Crippen LogP contribution in [0.3, 0.4) is 0 Å². The number of amides is 2. The van der Waals surface area contributed by atoms with Gasteiger partial charge < -0.3 is 34.6 Å². The van der Waals surface area contributed by atoms with Gasteiger partial charge in [0.25, 0.3) is 5.91 Å². The number of carbonyl (C=O) groups excluding carboxylic acids is 4. The highest BCUT2D eigenvalue weighted by Gasteiger charge is 2.50. The lowest BCUT2D eigenvalue weighted by Crippen LogP contribution is -2.37. The van der Waals surface area contributed by atoms with Crippen LogP contribution in [0.1, 0.15) is 40.5 Å². The van der Waals surface area contributed by atoms with E-state index in [2.05, 4.69) is 9.50 Å². The highest BCUT2D eigenvalue weighted by Crippen LogP contribution is 2.33. The maximum atomic E-state index is 13.4. The Labute approximate surface area is 264 Å². The number of nitrogens with two attached hydrogens (primary N) is 1. The summed E-state index contributed by atoms with van der Waals surface area (Å²) in [6.45, 7) is 6.10. The maximum absolute atomic E-state index is 13.4. The number of ether oxygens (including phenoxy) is 3. The molecule has 0 aromatic rings. The summed E-state index contributed by atoms with van der Waals surface area (Å²) in [5.41, 5.74) is -1.57. The summed E-state index contributed by atoms with van der Waals surface area (Å²) < 4.78 is 83.4. The maximum Gasteiger partial charge on any atom is 0.534 e. The SMILES string of the molecule is CO[C@H]1/C=C\C=C(/C)C(=O)NC2=CC(=O)C(OS(=O)(=O)C(F)(F)F)=C(C[C@@H](C)C[C@H](OC)[C@H](O)[C@@H](C)/C=C(\C)[C@@H]1OC(N)=O)C2=O. The van der Waals surface area contributed by atoms with E-state index in [1.807, 2.05) is 0 Å². The Hall–Kier alpha value is -3.80. The molecule has 6 atom stereocenters. The number of aliphatic hydroxyl groups is 1. The third-order valence-electron chi connectivity index (χ3n) is 7.22. The zero-order valence-electron chi connectivity index (χ0n) is 25.9. The van der Waals surface area contributed by atoms with Crippen molar-refractivity contribution >= 4 is 33.7 Å². The van der Waals surface area contributed by atoms with Crippen LogP contribution >= 0.6 is 0 Å². The summed E-state index contributed by atoms with van der Waals surface area (Å²) in [5.74, 6) is -6.20. The molecule has 0 radical (unpaired) electrons. The molecule has 0 spiro atoms. The standard InChI is InChI=1S/C29H37F3N2O11S/c1-14-10-18-24(37)19(13-20(35)26(18)45-46(40,41)29(30,31)32)34-27(38)15(2)8-7-9-21(42-5)25(44-28(33)39)17(4)12-16(3)23(36)22(11-14)43-6/h7-9,12-14,16,21-23,25,36H,10-11H2,1-6H3,(H2,33,39)(H,34,38)/b9-7-,15-8+,17-12+/t14-,16+,21+,22+,23-,25+/m1/s1. The van der Waals surface area contributed by atoms with Crippen molar-refractivity contribution in [1.29, 1.82) is 0 Å². The second-order valence-electron chi connectivity index (χ2n) is 10.9. The minimum Gasteiger partial charge on any atom is -0.439 e. The Morgan fingerprint density at radius 3 is 2.28 bits per heavy atom. The highest BCUT2D eigenvalue weighted by molar-refractivity contribution is 7.87. The van der Waals surface area contributed by atoms with E-state index < -0.39 is 98.9 Å². The predicted molar refractivity (Wildman–Crippen MR) is 156 cm³/mol. The number of fused-ring (bicyclic) bond motifs is 2. The van der Waals surface area contributed by atoms with Gasteiger partial charge in [-0.15, -0.1) is 0 Å². The number of halogens is 3. The van der Waals surface area contributed by atoms with Crippen molar-refractivity contribution in [1.82, 2.24) is 5.32 Å². The van der Waals surface area contributed by atoms with Crippen LogP contribution in [-0.4, -0.2) is 81.2 Å². The van der Waals surface area contributed by atoms with Gasteiger partial charge in [0, 0.05) is 37.4 Å². The van der Waals surface area contributed by atoms with Gasteiger partial charge in [0.2, 0.25) is 11.6 Å². The average molecular weight is 679 g/mol. The van der Waals surface area contributed by atoms with Crippen molar-refractivity contribution in [2.75, 3.05) is 14.2 Å². The first kappa shape index (κ1) is 38.4. The monoisotopic (exact) mass is 678 g/mol. The van der Waals surface area contributed by atoms with Crippen LogP contribution in [0.15, 0.2) is 58.6 Å². The molecular formula is C29H37F3N2O11S. The molecular weight excluding hydrogens is 641 g/mol. The summed E-state index contributed by atoms with van der Waals surface area (Å²) in [6.07, 6.45) is 0.373. The minimum absolute atomic E-state index is 0.00919. The van der Waals surface area contributed by atoms with Gasteiger partial charge in [0.05, 0.1) is 17.9 Å². The van der Waals surface area contributed by atoms with Gasteiger partial charge in [-0.05, 0) is 38.2 Å². The van der Waals surface area contributed by atoms with Crippen molar-refractivity contribution < 1.29 is 64.3 Å². The van der Waals surface area contributed by atoms with Crippen molar-refractivity contribution in [2.24, 2.45) is 17.6 Å². The summed E-state index contributed by atoms with van der Waals surface area (Å²) in [6, 6.07) is 0. The number of Topliss-reactive ketones (excluding diaryl/α,β-unsaturated/α-hetero) is 1. The van der Waals surface area contributed by atoms with Crippen molar-refractivity contribution in [2.45, 2.75) is 70.5 Å². The van der Waals surface area contributed by atoms with Crippen LogP contribution in [0.5, 0.6) is 0 Å². The molecule has 1 heterocycles. The van der Waals surface area contributed by atoms with Gasteiger partial charge in [-0.2, -0.15) is 21.6 Å². The van der Waals surface area contributed by atoms with E-state index >= 15 is 0 Å². The van der Waals surface area contributed by atoms with E-state index in [1.54, 1.807) is 19.9 Å². The number of hydrogen-bond acceptors (Lipinski definition) is 11. The van der Waals surface area contributed by atoms with Crippen LogP contribution in [0, 0.1) is 11.8 Å². The van der Waals surface area contributed by atoms with Crippen LogP contribution in [0.4, 0.5) is 18.0 Å². The molecule has 0 unspecified atom stereocenters. The van der Waals surface area contributed by atoms with Gasteiger partial charge in [-0.3, -0.25) is 14.4 Å². The molecule has 0 saturated heterocycles. The summed E-state index contributed by atoms with van der Waals surface area (Å²) in [5, 5.41) is 13.4. The molecule has 2 bridgehead atoms. The molecule has 0 aromatic carbocycles. The Morgan fingerprint density at radius 1 is 1.11 bits per heavy atom. The molecule has 0 aromatic heterocycles. The number of carbonyl (C=O) groups is 4. The van der Waals surface area contributed by atoms with Gasteiger partial charge in [-0.25, -0.2) is 4.79 Å². The largest absolute Gasteiger partial charge is 0.534 e. The second kappa shape index (κ2) is 15.7. The Kier molecular flexibility index (Phi) is 13.1. The molecule has 0 fully saturated rings. The smallest absolute Gasteiger partial charge is 0.439 e. The third-order valence-corrected chi connectivity index (χ3v) is 8.17. The number of methoxy groups -OCH3 is 2. The number of allylic oxidation sites excluding steroid dienone is 4. The Balaban J connectivity index is 2.71. The van der Waals surface area contributed by atoms with E-state index in [0.29, 0.717) is 11.6 Å². The lowest BCUT2D eigenvalue weighted by Gasteiger charge is -2.30. The fourth-order valence-electron chi connectivity index (χ4n) is 4.81. The van der Waals surface area contributed by atoms with Crippen LogP contribution in [-0.2, 0) is 42.9 Å². The zero-order valence-corrected chi connectivity index (χ0v) is 26.7. The number of hydrogen-bond donors (Lipinski definition) is 3. The molecule has 0 saturated carbocycles. The van der Waals surface area contributed by atoms with Crippen LogP contribution in [0.25, 0.3) is 0 Å². The lowest BCUT2D eigenvalue weighted by molar-refractivity contribution is -0.120. The molecule has 4 N–H and O–H groups in total. The third kappa shape index (κ3) is 9.60. The van der Waals surface area contributed by atoms with Crippen molar-refractivity contribution in [3.05, 3.63) is 58.6 Å². The number of ketones is 2. The number of alkyl halides is 3. The summed E-state index contributed by atoms with van der Waals surface area (Å²) in [7, 11) is -3.73. The molecule has 1 aliphatic heterocycles. The first-order valence-electron chi connectivity index (χ1n) is 13.8. The first-order valence-corrected chi connectivity index (χ1v) is 15.2. The van der Waals surface area contributed by atoms with Gasteiger partial charge in [0.15, 0.2) is 11.9 Å². The zero-order chi connectivity index (χ0) is 35.1. The van der Waals surface area contributed by atoms with E-state index in [1.165, 1.54) is 46.3 Å². The number of nitrogens with one attached hydrogen (secondary N) is 1. The molecule has 2 aliphatic rings. The highest BCUT2D eigenvalue weighted by atomic mass is 32.2. The fourth-order valence-corrected chi connectivity index (χ4v) is 5.30. The van der Waals surface area contributed by atoms with Crippen molar-refractivity contribution in [3.8, 4) is 0 Å². The molecule has 17 heteroatoms. The quantitative estimate of drug-likeness (QED) is 0.167. The van der Waals surface area contributed by atoms with E-state index in [9.17, 15) is 45.9 Å². The van der Waals surface area contributed by atoms with Crippen LogP contribution < -0.4 is 11.1 Å². The summed E-state index contributed by atoms with van der Waals surface area (Å²) in [4.78, 5) is 50.9. The average Bonchev–Trinajstić information content (AvgIpc) is 2.95.